The molecule has 0 spiro atoms. The molecule has 0 bridgehead atoms. The van der Waals surface area contributed by atoms with Crippen LogP contribution in [0.5, 0.6) is 0 Å². The maximum atomic E-state index is 10.6. The lowest BCUT2D eigenvalue weighted by molar-refractivity contribution is -0.389. The number of likely N-dealkylation sites (tertiary alicyclic amines) is 1. The second kappa shape index (κ2) is 4.10. The Morgan fingerprint density at radius 1 is 1.24 bits per heavy atom. The van der Waals surface area contributed by atoms with Crippen LogP contribution in [0.15, 0.2) is 12.5 Å². The van der Waals surface area contributed by atoms with Gasteiger partial charge in [-0.3, -0.25) is 0 Å². The summed E-state index contributed by atoms with van der Waals surface area (Å²) in [7, 11) is 0. The first-order valence-corrected chi connectivity index (χ1v) is 6.16. The van der Waals surface area contributed by atoms with Crippen LogP contribution in [0.3, 0.4) is 0 Å². The summed E-state index contributed by atoms with van der Waals surface area (Å²) < 4.78 is 1.91. The zero-order valence-corrected chi connectivity index (χ0v) is 9.66. The Labute approximate surface area is 99.4 Å². The zero-order valence-electron chi connectivity index (χ0n) is 9.66. The van der Waals surface area contributed by atoms with Crippen molar-refractivity contribution in [2.75, 3.05) is 13.1 Å². The lowest BCUT2D eigenvalue weighted by Crippen LogP contribution is -2.35. The lowest BCUT2D eigenvalue weighted by Gasteiger charge is -2.32. The maximum Gasteiger partial charge on any atom is 0.381 e. The van der Waals surface area contributed by atoms with Gasteiger partial charge in [0.25, 0.3) is 0 Å². The maximum absolute atomic E-state index is 10.6. The predicted octanol–water partition coefficient (Wildman–Crippen LogP) is 1.59. The highest BCUT2D eigenvalue weighted by molar-refractivity contribution is 5.13. The molecule has 0 N–H and O–H groups in total. The van der Waals surface area contributed by atoms with E-state index in [1.807, 2.05) is 4.57 Å². The Balaban J connectivity index is 1.62. The van der Waals surface area contributed by atoms with Crippen molar-refractivity contribution in [3.8, 4) is 0 Å². The van der Waals surface area contributed by atoms with E-state index in [0.29, 0.717) is 6.04 Å². The number of imidazole rings is 1. The molecule has 2 heterocycles. The third-order valence-corrected chi connectivity index (χ3v) is 3.76. The highest BCUT2D eigenvalue weighted by Crippen LogP contribution is 2.32. The van der Waals surface area contributed by atoms with Gasteiger partial charge in [-0.15, -0.1) is 0 Å². The minimum atomic E-state index is -0.435. The van der Waals surface area contributed by atoms with Crippen molar-refractivity contribution in [2.24, 2.45) is 0 Å². The predicted molar refractivity (Wildman–Crippen MR) is 61.7 cm³/mol. The molecule has 0 amide bonds. The molecule has 0 radical (unpaired) electrons. The quantitative estimate of drug-likeness (QED) is 0.590. The van der Waals surface area contributed by atoms with Crippen LogP contribution >= 0.6 is 0 Å². The normalized spacial score (nSPS) is 22.8. The summed E-state index contributed by atoms with van der Waals surface area (Å²) in [6, 6.07) is 1.21. The molecular formula is C11H16N4O2. The van der Waals surface area contributed by atoms with Crippen molar-refractivity contribution in [3.05, 3.63) is 22.6 Å². The van der Waals surface area contributed by atoms with Crippen LogP contribution in [0, 0.1) is 10.1 Å². The first-order chi connectivity index (χ1) is 8.24. The van der Waals surface area contributed by atoms with Crippen LogP contribution in [0.1, 0.15) is 31.7 Å². The fraction of sp³-hybridized carbons (Fsp3) is 0.727. The molecule has 1 saturated carbocycles. The van der Waals surface area contributed by atoms with Gasteiger partial charge in [-0.1, -0.05) is 0 Å². The van der Waals surface area contributed by atoms with E-state index in [9.17, 15) is 10.1 Å². The molecule has 0 unspecified atom stereocenters. The van der Waals surface area contributed by atoms with E-state index in [1.54, 1.807) is 12.5 Å². The smallest absolute Gasteiger partial charge is 0.358 e. The monoisotopic (exact) mass is 236 g/mol. The molecule has 0 aromatic carbocycles. The average molecular weight is 236 g/mol. The zero-order chi connectivity index (χ0) is 11.8. The number of rotatable bonds is 3. The summed E-state index contributed by atoms with van der Waals surface area (Å²) in [6.45, 7) is 2.22. The van der Waals surface area contributed by atoms with Crippen LogP contribution < -0.4 is 0 Å². The molecule has 0 atom stereocenters. The SMILES string of the molecule is O=[N+]([O-])c1cn(C2CCN(C3CC3)CC2)cn1. The molecule has 6 nitrogen and oxygen atoms in total. The molecule has 1 saturated heterocycles. The van der Waals surface area contributed by atoms with Crippen molar-refractivity contribution in [2.45, 2.75) is 37.8 Å². The molecule has 92 valence electrons. The first kappa shape index (κ1) is 10.7. The third kappa shape index (κ3) is 2.17. The van der Waals surface area contributed by atoms with E-state index in [2.05, 4.69) is 9.88 Å². The summed E-state index contributed by atoms with van der Waals surface area (Å²) in [5.74, 6) is -0.0466. The molecule has 6 heteroatoms. The number of aromatic nitrogens is 2. The number of nitro groups is 1. The lowest BCUT2D eigenvalue weighted by atomic mass is 10.0. The minimum Gasteiger partial charge on any atom is -0.358 e. The number of hydrogen-bond acceptors (Lipinski definition) is 4. The summed E-state index contributed by atoms with van der Waals surface area (Å²) >= 11 is 0. The van der Waals surface area contributed by atoms with Crippen molar-refractivity contribution in [3.63, 3.8) is 0 Å². The van der Waals surface area contributed by atoms with Crippen molar-refractivity contribution >= 4 is 5.82 Å². The summed E-state index contributed by atoms with van der Waals surface area (Å²) in [6.07, 6.45) is 7.99. The molecular weight excluding hydrogens is 220 g/mol. The Morgan fingerprint density at radius 3 is 2.47 bits per heavy atom. The van der Waals surface area contributed by atoms with Gasteiger partial charge in [0.1, 0.15) is 6.20 Å². The van der Waals surface area contributed by atoms with Crippen LogP contribution in [0.4, 0.5) is 5.82 Å². The molecule has 3 rings (SSSR count). The number of nitrogens with zero attached hydrogens (tertiary/aromatic N) is 4. The highest BCUT2D eigenvalue weighted by Gasteiger charge is 2.32. The van der Waals surface area contributed by atoms with E-state index < -0.39 is 4.92 Å². The second-order valence-electron chi connectivity index (χ2n) is 4.93. The van der Waals surface area contributed by atoms with E-state index >= 15 is 0 Å². The van der Waals surface area contributed by atoms with Gasteiger partial charge >= 0.3 is 5.82 Å². The fourth-order valence-electron chi connectivity index (χ4n) is 2.61. The van der Waals surface area contributed by atoms with Gasteiger partial charge in [0.05, 0.1) is 0 Å². The van der Waals surface area contributed by atoms with Gasteiger partial charge in [-0.25, -0.2) is 0 Å². The molecule has 17 heavy (non-hydrogen) atoms. The molecule has 2 aliphatic rings. The van der Waals surface area contributed by atoms with Crippen molar-refractivity contribution < 1.29 is 4.92 Å². The fourth-order valence-corrected chi connectivity index (χ4v) is 2.61. The summed E-state index contributed by atoms with van der Waals surface area (Å²) in [4.78, 5) is 16.5. The Hall–Kier alpha value is -1.43. The van der Waals surface area contributed by atoms with Gasteiger partial charge in [0, 0.05) is 25.2 Å². The Bertz CT molecular complexity index is 419. The molecule has 1 aliphatic carbocycles. The molecule has 2 fully saturated rings. The first-order valence-electron chi connectivity index (χ1n) is 6.16. The molecule has 1 aliphatic heterocycles. The highest BCUT2D eigenvalue weighted by atomic mass is 16.6. The number of piperidine rings is 1. The van der Waals surface area contributed by atoms with Gasteiger partial charge in [0.2, 0.25) is 6.33 Å². The standard InChI is InChI=1S/C11H16N4O2/c16-15(17)11-7-14(8-12-11)10-3-5-13(6-4-10)9-1-2-9/h7-10H,1-6H2. The van der Waals surface area contributed by atoms with Crippen LogP contribution in [0.25, 0.3) is 0 Å². The van der Waals surface area contributed by atoms with Crippen LogP contribution in [-0.2, 0) is 0 Å². The van der Waals surface area contributed by atoms with Gasteiger partial charge in [0.15, 0.2) is 0 Å². The van der Waals surface area contributed by atoms with E-state index in [-0.39, 0.29) is 5.82 Å². The average Bonchev–Trinajstić information content (AvgIpc) is 3.06. The minimum absolute atomic E-state index is 0.0466. The van der Waals surface area contributed by atoms with Gasteiger partial charge in [-0.2, -0.15) is 0 Å². The Morgan fingerprint density at radius 2 is 1.94 bits per heavy atom. The van der Waals surface area contributed by atoms with Crippen molar-refractivity contribution in [1.82, 2.24) is 14.5 Å². The van der Waals surface area contributed by atoms with Gasteiger partial charge < -0.3 is 19.6 Å². The van der Waals surface area contributed by atoms with Crippen LogP contribution in [0.2, 0.25) is 0 Å². The van der Waals surface area contributed by atoms with Crippen molar-refractivity contribution in [1.29, 1.82) is 0 Å². The molecule has 1 aromatic heterocycles. The largest absolute Gasteiger partial charge is 0.381 e. The second-order valence-corrected chi connectivity index (χ2v) is 4.93. The topological polar surface area (TPSA) is 64.2 Å². The summed E-state index contributed by atoms with van der Waals surface area (Å²) in [5, 5.41) is 10.6. The summed E-state index contributed by atoms with van der Waals surface area (Å²) in [5.41, 5.74) is 0. The van der Waals surface area contributed by atoms with Crippen LogP contribution in [-0.4, -0.2) is 38.5 Å². The van der Waals surface area contributed by atoms with E-state index in [4.69, 9.17) is 0 Å². The number of hydrogen-bond donors (Lipinski definition) is 0. The van der Waals surface area contributed by atoms with E-state index in [0.717, 1.165) is 32.0 Å². The molecule has 1 aromatic rings. The Kier molecular flexibility index (Phi) is 2.58. The van der Waals surface area contributed by atoms with E-state index in [1.165, 1.54) is 12.8 Å². The third-order valence-electron chi connectivity index (χ3n) is 3.76. The van der Waals surface area contributed by atoms with Gasteiger partial charge in [-0.05, 0) is 35.6 Å².